The maximum absolute atomic E-state index is 13.7. The lowest BCUT2D eigenvalue weighted by atomic mass is 9.93. The van der Waals surface area contributed by atoms with E-state index in [2.05, 4.69) is 26.1 Å². The van der Waals surface area contributed by atoms with E-state index in [-0.39, 0.29) is 30.2 Å². The molecule has 11 heteroatoms. The Morgan fingerprint density at radius 1 is 0.905 bits per heavy atom. The SMILES string of the molecule is Cc1cc(C(=O)NC(Cc2ccccn2)C(=O)NC(Cc2ccccc2)C(=O)NC(CC(C)C)C(=O)C2(C)CO2)no1. The Balaban J connectivity index is 1.56. The van der Waals surface area contributed by atoms with Crippen LogP contribution in [0.25, 0.3) is 0 Å². The summed E-state index contributed by atoms with van der Waals surface area (Å²) in [6.45, 7) is 7.60. The van der Waals surface area contributed by atoms with Crippen molar-refractivity contribution < 1.29 is 28.4 Å². The average Bonchev–Trinajstić information content (AvgIpc) is 3.57. The molecule has 1 saturated heterocycles. The van der Waals surface area contributed by atoms with Crippen LogP contribution in [0, 0.1) is 12.8 Å². The van der Waals surface area contributed by atoms with Gasteiger partial charge in [-0.25, -0.2) is 0 Å². The number of hydrogen-bond acceptors (Lipinski definition) is 8. The number of hydrogen-bond donors (Lipinski definition) is 3. The van der Waals surface area contributed by atoms with Gasteiger partial charge in [0.15, 0.2) is 11.5 Å². The van der Waals surface area contributed by atoms with Crippen molar-refractivity contribution in [3.8, 4) is 0 Å². The zero-order chi connectivity index (χ0) is 30.3. The number of epoxide rings is 1. The Morgan fingerprint density at radius 2 is 1.55 bits per heavy atom. The molecule has 1 aromatic carbocycles. The van der Waals surface area contributed by atoms with Crippen LogP contribution in [0.1, 0.15) is 54.7 Å². The Morgan fingerprint density at radius 3 is 2.12 bits per heavy atom. The molecular weight excluding hydrogens is 538 g/mol. The minimum atomic E-state index is -1.08. The first-order valence-electron chi connectivity index (χ1n) is 14.0. The molecule has 4 rings (SSSR count). The van der Waals surface area contributed by atoms with Gasteiger partial charge in [0, 0.05) is 30.8 Å². The molecule has 0 spiro atoms. The van der Waals surface area contributed by atoms with Crippen molar-refractivity contribution in [2.24, 2.45) is 5.92 Å². The lowest BCUT2D eigenvalue weighted by molar-refractivity contribution is -0.133. The molecule has 2 aromatic heterocycles. The van der Waals surface area contributed by atoms with Gasteiger partial charge in [0.1, 0.15) is 23.4 Å². The normalized spacial score (nSPS) is 18.0. The predicted octanol–water partition coefficient (Wildman–Crippen LogP) is 2.34. The highest BCUT2D eigenvalue weighted by atomic mass is 16.6. The number of ketones is 1. The van der Waals surface area contributed by atoms with Crippen LogP contribution >= 0.6 is 0 Å². The number of aryl methyl sites for hydroxylation is 1. The lowest BCUT2D eigenvalue weighted by Gasteiger charge is -2.26. The van der Waals surface area contributed by atoms with Crippen molar-refractivity contribution in [2.75, 3.05) is 6.61 Å². The third-order valence-corrected chi connectivity index (χ3v) is 6.98. The van der Waals surface area contributed by atoms with E-state index in [0.29, 0.717) is 24.5 Å². The fourth-order valence-electron chi connectivity index (χ4n) is 4.57. The number of amides is 3. The molecule has 0 aliphatic carbocycles. The van der Waals surface area contributed by atoms with Gasteiger partial charge in [-0.1, -0.05) is 55.4 Å². The average molecular weight is 576 g/mol. The first kappa shape index (κ1) is 30.6. The van der Waals surface area contributed by atoms with E-state index in [1.54, 1.807) is 38.2 Å². The predicted molar refractivity (Wildman–Crippen MR) is 153 cm³/mol. The zero-order valence-corrected chi connectivity index (χ0v) is 24.3. The molecule has 1 aliphatic heterocycles. The molecule has 1 fully saturated rings. The quantitative estimate of drug-likeness (QED) is 0.247. The maximum Gasteiger partial charge on any atom is 0.274 e. The number of ether oxygens (including phenoxy) is 1. The fourth-order valence-corrected chi connectivity index (χ4v) is 4.57. The van der Waals surface area contributed by atoms with Crippen molar-refractivity contribution in [3.63, 3.8) is 0 Å². The van der Waals surface area contributed by atoms with Gasteiger partial charge in [0.2, 0.25) is 11.8 Å². The molecule has 222 valence electrons. The highest BCUT2D eigenvalue weighted by molar-refractivity contribution is 5.99. The number of rotatable bonds is 14. The number of carbonyl (C=O) groups is 4. The molecule has 3 aromatic rings. The van der Waals surface area contributed by atoms with Gasteiger partial charge in [0.25, 0.3) is 5.91 Å². The van der Waals surface area contributed by atoms with Crippen molar-refractivity contribution in [1.82, 2.24) is 26.1 Å². The minimum Gasteiger partial charge on any atom is -0.361 e. The minimum absolute atomic E-state index is 0.0238. The molecule has 3 heterocycles. The van der Waals surface area contributed by atoms with Crippen LogP contribution in [0.5, 0.6) is 0 Å². The van der Waals surface area contributed by atoms with Crippen LogP contribution in [0.4, 0.5) is 0 Å². The van der Waals surface area contributed by atoms with Crippen molar-refractivity contribution in [3.05, 3.63) is 83.5 Å². The second-order valence-electron chi connectivity index (χ2n) is 11.2. The van der Waals surface area contributed by atoms with E-state index in [1.165, 1.54) is 6.07 Å². The van der Waals surface area contributed by atoms with Gasteiger partial charge in [-0.05, 0) is 43.9 Å². The second-order valence-corrected chi connectivity index (χ2v) is 11.2. The highest BCUT2D eigenvalue weighted by Gasteiger charge is 2.50. The van der Waals surface area contributed by atoms with E-state index in [4.69, 9.17) is 9.26 Å². The molecule has 4 unspecified atom stereocenters. The van der Waals surface area contributed by atoms with E-state index in [9.17, 15) is 19.2 Å². The molecule has 0 saturated carbocycles. The molecule has 11 nitrogen and oxygen atoms in total. The van der Waals surface area contributed by atoms with Crippen LogP contribution in [0.2, 0.25) is 0 Å². The Bertz CT molecular complexity index is 1390. The van der Waals surface area contributed by atoms with Crippen LogP contribution in [-0.4, -0.2) is 64.0 Å². The topological polar surface area (TPSA) is 156 Å². The summed E-state index contributed by atoms with van der Waals surface area (Å²) in [7, 11) is 0. The number of aromatic nitrogens is 2. The third kappa shape index (κ3) is 8.32. The van der Waals surface area contributed by atoms with Gasteiger partial charge >= 0.3 is 0 Å². The Kier molecular flexibility index (Phi) is 9.84. The van der Waals surface area contributed by atoms with E-state index < -0.39 is 41.4 Å². The Hall–Kier alpha value is -4.38. The first-order chi connectivity index (χ1) is 20.0. The van der Waals surface area contributed by atoms with Gasteiger partial charge in [-0.2, -0.15) is 0 Å². The number of nitrogens with zero attached hydrogens (tertiary/aromatic N) is 2. The van der Waals surface area contributed by atoms with Crippen molar-refractivity contribution in [2.45, 2.75) is 70.7 Å². The first-order valence-corrected chi connectivity index (χ1v) is 14.0. The van der Waals surface area contributed by atoms with Crippen LogP contribution < -0.4 is 16.0 Å². The van der Waals surface area contributed by atoms with E-state index in [1.807, 2.05) is 44.2 Å². The molecular formula is C31H37N5O6. The summed E-state index contributed by atoms with van der Waals surface area (Å²) in [5, 5.41) is 12.1. The molecule has 0 radical (unpaired) electrons. The second kappa shape index (κ2) is 13.5. The van der Waals surface area contributed by atoms with Crippen molar-refractivity contribution in [1.29, 1.82) is 0 Å². The number of carbonyl (C=O) groups excluding carboxylic acids is 4. The van der Waals surface area contributed by atoms with Crippen molar-refractivity contribution >= 4 is 23.5 Å². The van der Waals surface area contributed by atoms with Gasteiger partial charge in [-0.3, -0.25) is 24.2 Å². The molecule has 3 amide bonds. The van der Waals surface area contributed by atoms with Crippen LogP contribution in [0.3, 0.4) is 0 Å². The van der Waals surface area contributed by atoms with Gasteiger partial charge in [-0.15, -0.1) is 0 Å². The molecule has 4 atom stereocenters. The molecule has 3 N–H and O–H groups in total. The van der Waals surface area contributed by atoms with E-state index in [0.717, 1.165) is 5.56 Å². The summed E-state index contributed by atoms with van der Waals surface area (Å²) in [6, 6.07) is 13.1. The summed E-state index contributed by atoms with van der Waals surface area (Å²) in [5.74, 6) is -1.33. The summed E-state index contributed by atoms with van der Waals surface area (Å²) in [4.78, 5) is 57.8. The monoisotopic (exact) mass is 575 g/mol. The van der Waals surface area contributed by atoms with Crippen LogP contribution in [0.15, 0.2) is 65.3 Å². The van der Waals surface area contributed by atoms with Gasteiger partial charge in [0.05, 0.1) is 12.6 Å². The standard InChI is InChI=1S/C31H37N5O6/c1-19(2)14-23(27(37)31(4)18-41-31)33-28(38)24(16-21-10-6-5-7-11-21)34-29(39)25(17-22-12-8-9-13-32-22)35-30(40)26-15-20(3)42-36-26/h5-13,15,19,23-25H,14,16-18H2,1-4H3,(H,33,38)(H,34,39)(H,35,40). The molecule has 1 aliphatic rings. The smallest absolute Gasteiger partial charge is 0.274 e. The highest BCUT2D eigenvalue weighted by Crippen LogP contribution is 2.29. The van der Waals surface area contributed by atoms with E-state index >= 15 is 0 Å². The maximum atomic E-state index is 13.7. The van der Waals surface area contributed by atoms with Gasteiger partial charge < -0.3 is 25.2 Å². The summed E-state index contributed by atoms with van der Waals surface area (Å²) >= 11 is 0. The molecule has 42 heavy (non-hydrogen) atoms. The number of pyridine rings is 1. The Labute approximate surface area is 244 Å². The number of Topliss-reactive ketones (excluding diaryl/α,β-unsaturated/α-hetero) is 1. The number of benzene rings is 1. The molecule has 0 bridgehead atoms. The zero-order valence-electron chi connectivity index (χ0n) is 24.3. The largest absolute Gasteiger partial charge is 0.361 e. The summed E-state index contributed by atoms with van der Waals surface area (Å²) in [5.41, 5.74) is 0.489. The lowest BCUT2D eigenvalue weighted by Crippen LogP contribution is -2.57. The third-order valence-electron chi connectivity index (χ3n) is 6.98. The summed E-state index contributed by atoms with van der Waals surface area (Å²) < 4.78 is 10.4. The summed E-state index contributed by atoms with van der Waals surface area (Å²) in [6.07, 6.45) is 2.25. The van der Waals surface area contributed by atoms with Crippen LogP contribution in [-0.2, 0) is 32.0 Å². The number of nitrogens with one attached hydrogen (secondary N) is 3. The fraction of sp³-hybridized carbons (Fsp3) is 0.419.